The van der Waals surface area contributed by atoms with Crippen LogP contribution in [-0.2, 0) is 4.79 Å². The zero-order valence-electron chi connectivity index (χ0n) is 9.63. The van der Waals surface area contributed by atoms with Crippen LogP contribution >= 0.6 is 0 Å². The Kier molecular flexibility index (Phi) is 3.27. The van der Waals surface area contributed by atoms with Crippen LogP contribution in [0.4, 0.5) is 0 Å². The number of carbonyl (C=O) groups excluding carboxylic acids is 3. The maximum absolute atomic E-state index is 11.4. The topological polar surface area (TPSA) is 76.2 Å². The summed E-state index contributed by atoms with van der Waals surface area (Å²) in [7, 11) is 0. The molecular formula is C11H13NO4. The Balaban J connectivity index is 3.36. The molecule has 1 heterocycles. The molecule has 5 heteroatoms. The monoisotopic (exact) mass is 223 g/mol. The van der Waals surface area contributed by atoms with Crippen molar-refractivity contribution in [1.29, 1.82) is 0 Å². The second-order valence-electron chi connectivity index (χ2n) is 3.54. The van der Waals surface area contributed by atoms with E-state index in [1.54, 1.807) is 6.92 Å². The first-order chi connectivity index (χ1) is 7.34. The third-order valence-corrected chi connectivity index (χ3v) is 2.17. The molecule has 0 aliphatic heterocycles. The molecule has 0 unspecified atom stereocenters. The Morgan fingerprint density at radius 2 is 1.62 bits per heavy atom. The Labute approximate surface area is 92.8 Å². The first-order valence-corrected chi connectivity index (χ1v) is 4.77. The maximum atomic E-state index is 11.4. The van der Waals surface area contributed by atoms with Gasteiger partial charge in [0.15, 0.2) is 11.6 Å². The molecule has 0 radical (unpaired) electrons. The van der Waals surface area contributed by atoms with Crippen LogP contribution < -0.4 is 4.74 Å². The number of nitrogens with one attached hydrogen (secondary N) is 1. The quantitative estimate of drug-likeness (QED) is 0.624. The summed E-state index contributed by atoms with van der Waals surface area (Å²) < 4.78 is 4.85. The molecule has 1 N–H and O–H groups in total. The molecule has 1 aromatic rings. The normalized spacial score (nSPS) is 10.0. The molecule has 86 valence electrons. The van der Waals surface area contributed by atoms with Gasteiger partial charge in [-0.2, -0.15) is 0 Å². The minimum absolute atomic E-state index is 0.0442. The van der Waals surface area contributed by atoms with E-state index in [-0.39, 0.29) is 23.0 Å². The largest absolute Gasteiger partial charge is 0.409 e. The van der Waals surface area contributed by atoms with Crippen LogP contribution in [0.25, 0.3) is 0 Å². The van der Waals surface area contributed by atoms with E-state index in [1.807, 2.05) is 0 Å². The molecule has 0 saturated carbocycles. The summed E-state index contributed by atoms with van der Waals surface area (Å²) in [6, 6.07) is 0. The SMILES string of the molecule is CC(=O)Oc1[nH]c(C(C)=O)c(C)c1C(C)=O. The number of carbonyl (C=O) groups is 3. The van der Waals surface area contributed by atoms with Crippen molar-refractivity contribution in [3.05, 3.63) is 16.8 Å². The van der Waals surface area contributed by atoms with Gasteiger partial charge in [-0.15, -0.1) is 0 Å². The summed E-state index contributed by atoms with van der Waals surface area (Å²) in [5.41, 5.74) is 1.05. The fourth-order valence-corrected chi connectivity index (χ4v) is 1.56. The van der Waals surface area contributed by atoms with Crippen LogP contribution in [0.15, 0.2) is 0 Å². The fraction of sp³-hybridized carbons (Fsp3) is 0.364. The van der Waals surface area contributed by atoms with Crippen LogP contribution in [0, 0.1) is 6.92 Å². The summed E-state index contributed by atoms with van der Waals surface area (Å²) in [6.45, 7) is 5.60. The molecule has 0 fully saturated rings. The molecule has 0 saturated heterocycles. The minimum atomic E-state index is -0.543. The first kappa shape index (κ1) is 12.2. The summed E-state index contributed by atoms with van der Waals surface area (Å²) >= 11 is 0. The van der Waals surface area contributed by atoms with E-state index in [2.05, 4.69) is 4.98 Å². The van der Waals surface area contributed by atoms with Crippen LogP contribution in [0.1, 0.15) is 47.2 Å². The minimum Gasteiger partial charge on any atom is -0.409 e. The molecule has 0 amide bonds. The van der Waals surface area contributed by atoms with Crippen molar-refractivity contribution >= 4 is 17.5 Å². The Bertz CT molecular complexity index is 471. The van der Waals surface area contributed by atoms with E-state index < -0.39 is 5.97 Å². The molecule has 0 aromatic carbocycles. The standard InChI is InChI=1S/C11H13NO4/c1-5-9(6(2)13)11(16-8(4)15)12-10(5)7(3)14/h12H,1-4H3. The average molecular weight is 223 g/mol. The number of Topliss-reactive ketones (excluding diaryl/α,β-unsaturated/α-hetero) is 2. The summed E-state index contributed by atoms with van der Waals surface area (Å²) in [5, 5.41) is 0. The van der Waals surface area contributed by atoms with Gasteiger partial charge in [0.05, 0.1) is 11.3 Å². The second-order valence-corrected chi connectivity index (χ2v) is 3.54. The van der Waals surface area contributed by atoms with E-state index in [0.717, 1.165) is 0 Å². The highest BCUT2D eigenvalue weighted by molar-refractivity contribution is 6.03. The van der Waals surface area contributed by atoms with Crippen LogP contribution in [0.2, 0.25) is 0 Å². The summed E-state index contributed by atoms with van der Waals surface area (Å²) in [6.07, 6.45) is 0. The maximum Gasteiger partial charge on any atom is 0.309 e. The van der Waals surface area contributed by atoms with Crippen molar-refractivity contribution in [2.75, 3.05) is 0 Å². The van der Waals surface area contributed by atoms with Gasteiger partial charge < -0.3 is 9.72 Å². The predicted molar refractivity (Wildman–Crippen MR) is 56.8 cm³/mol. The van der Waals surface area contributed by atoms with Crippen molar-refractivity contribution < 1.29 is 19.1 Å². The van der Waals surface area contributed by atoms with Crippen LogP contribution in [0.5, 0.6) is 5.88 Å². The van der Waals surface area contributed by atoms with Crippen LogP contribution in [0.3, 0.4) is 0 Å². The average Bonchev–Trinajstić information content (AvgIpc) is 2.41. The van der Waals surface area contributed by atoms with Crippen molar-refractivity contribution in [1.82, 2.24) is 4.98 Å². The fourth-order valence-electron chi connectivity index (χ4n) is 1.56. The molecule has 0 bridgehead atoms. The number of ether oxygens (including phenoxy) is 1. The number of aromatic amines is 1. The highest BCUT2D eigenvalue weighted by atomic mass is 16.5. The van der Waals surface area contributed by atoms with Crippen molar-refractivity contribution in [2.24, 2.45) is 0 Å². The van der Waals surface area contributed by atoms with Crippen molar-refractivity contribution in [3.63, 3.8) is 0 Å². The lowest BCUT2D eigenvalue weighted by atomic mass is 10.1. The zero-order valence-corrected chi connectivity index (χ0v) is 9.63. The van der Waals surface area contributed by atoms with Gasteiger partial charge >= 0.3 is 5.97 Å². The molecule has 1 aromatic heterocycles. The predicted octanol–water partition coefficient (Wildman–Crippen LogP) is 1.65. The van der Waals surface area contributed by atoms with E-state index in [1.165, 1.54) is 20.8 Å². The number of ketones is 2. The summed E-state index contributed by atoms with van der Waals surface area (Å²) in [4.78, 5) is 36.1. The van der Waals surface area contributed by atoms with Gasteiger partial charge in [0.25, 0.3) is 0 Å². The molecule has 0 spiro atoms. The molecule has 16 heavy (non-hydrogen) atoms. The Morgan fingerprint density at radius 1 is 1.06 bits per heavy atom. The number of esters is 1. The molecular weight excluding hydrogens is 210 g/mol. The van der Waals surface area contributed by atoms with E-state index in [4.69, 9.17) is 4.74 Å². The van der Waals surface area contributed by atoms with E-state index in [9.17, 15) is 14.4 Å². The highest BCUT2D eigenvalue weighted by Gasteiger charge is 2.21. The molecule has 0 aliphatic rings. The molecule has 0 aliphatic carbocycles. The second kappa shape index (κ2) is 4.30. The number of hydrogen-bond donors (Lipinski definition) is 1. The lowest BCUT2D eigenvalue weighted by Crippen LogP contribution is -2.05. The van der Waals surface area contributed by atoms with E-state index in [0.29, 0.717) is 11.3 Å². The molecule has 0 atom stereocenters. The number of rotatable bonds is 3. The van der Waals surface area contributed by atoms with Crippen LogP contribution in [-0.4, -0.2) is 22.5 Å². The first-order valence-electron chi connectivity index (χ1n) is 4.77. The van der Waals surface area contributed by atoms with Gasteiger partial charge in [-0.25, -0.2) is 0 Å². The third-order valence-electron chi connectivity index (χ3n) is 2.17. The third kappa shape index (κ3) is 2.18. The smallest absolute Gasteiger partial charge is 0.309 e. The highest BCUT2D eigenvalue weighted by Crippen LogP contribution is 2.25. The lowest BCUT2D eigenvalue weighted by molar-refractivity contribution is -0.132. The van der Waals surface area contributed by atoms with Crippen molar-refractivity contribution in [3.8, 4) is 5.88 Å². The zero-order chi connectivity index (χ0) is 12.5. The Hall–Kier alpha value is -1.91. The van der Waals surface area contributed by atoms with E-state index >= 15 is 0 Å². The van der Waals surface area contributed by atoms with Crippen molar-refractivity contribution in [2.45, 2.75) is 27.7 Å². The number of H-pyrrole nitrogens is 1. The van der Waals surface area contributed by atoms with Gasteiger partial charge in [-0.05, 0) is 19.4 Å². The Morgan fingerprint density at radius 3 is 2.00 bits per heavy atom. The molecule has 5 nitrogen and oxygen atoms in total. The molecule has 1 rings (SSSR count). The van der Waals surface area contributed by atoms with Gasteiger partial charge in [-0.1, -0.05) is 0 Å². The van der Waals surface area contributed by atoms with Gasteiger partial charge in [0.1, 0.15) is 0 Å². The number of aromatic nitrogens is 1. The number of hydrogen-bond acceptors (Lipinski definition) is 4. The van der Waals surface area contributed by atoms with Gasteiger partial charge in [0, 0.05) is 13.8 Å². The lowest BCUT2D eigenvalue weighted by Gasteiger charge is -2.00. The van der Waals surface area contributed by atoms with Gasteiger partial charge in [-0.3, -0.25) is 14.4 Å². The van der Waals surface area contributed by atoms with Gasteiger partial charge in [0.2, 0.25) is 5.88 Å². The summed E-state index contributed by atoms with van der Waals surface area (Å²) in [5.74, 6) is -0.961.